The van der Waals surface area contributed by atoms with E-state index in [1.165, 1.54) is 5.56 Å². The van der Waals surface area contributed by atoms with Gasteiger partial charge < -0.3 is 4.57 Å². The molecule has 0 atom stereocenters. The molecule has 48 heavy (non-hydrogen) atoms. The number of fused-ring (bicyclic) bond motifs is 1. The molecule has 3 aromatic heterocycles. The first-order chi connectivity index (χ1) is 23.8. The molecule has 0 bridgehead atoms. The Bertz CT molecular complexity index is 2190. The van der Waals surface area contributed by atoms with Crippen LogP contribution in [0.15, 0.2) is 158 Å². The van der Waals surface area contributed by atoms with E-state index in [0.29, 0.717) is 12.4 Å². The fourth-order valence-corrected chi connectivity index (χ4v) is 6.83. The van der Waals surface area contributed by atoms with Crippen molar-refractivity contribution in [3.63, 3.8) is 0 Å². The predicted molar refractivity (Wildman–Crippen MR) is 189 cm³/mol. The van der Waals surface area contributed by atoms with E-state index in [4.69, 9.17) is 15.3 Å². The van der Waals surface area contributed by atoms with Crippen molar-refractivity contribution in [3.05, 3.63) is 186 Å². The monoisotopic (exact) mass is 623 g/mol. The first-order valence-electron chi connectivity index (χ1n) is 16.2. The lowest BCUT2D eigenvalue weighted by Crippen LogP contribution is -2.39. The molecule has 0 radical (unpaired) electrons. The Morgan fingerprint density at radius 1 is 0.604 bits per heavy atom. The van der Waals surface area contributed by atoms with E-state index in [2.05, 4.69) is 137 Å². The minimum atomic E-state index is -0.835. The molecule has 0 N–H and O–H groups in total. The van der Waals surface area contributed by atoms with Gasteiger partial charge in [0.25, 0.3) is 0 Å². The van der Waals surface area contributed by atoms with Gasteiger partial charge in [0.2, 0.25) is 0 Å². The molecule has 0 amide bonds. The van der Waals surface area contributed by atoms with Crippen LogP contribution in [0.25, 0.3) is 33.7 Å². The van der Waals surface area contributed by atoms with Crippen LogP contribution in [0, 0.1) is 0 Å². The summed E-state index contributed by atoms with van der Waals surface area (Å²) in [7, 11) is 0. The quantitative estimate of drug-likeness (QED) is 0.152. The maximum atomic E-state index is 4.81. The molecule has 0 unspecified atom stereocenters. The SMILES string of the molecule is CCc1nc2cccnc2n1Cc1ccc(-c2ccccc2-c2nnnn2C(c2ccccc2)(c2ccccc2)c2ccccc2)cc1. The molecule has 0 aliphatic rings. The third-order valence-corrected chi connectivity index (χ3v) is 9.03. The normalized spacial score (nSPS) is 11.6. The average Bonchev–Trinajstić information content (AvgIpc) is 3.79. The maximum Gasteiger partial charge on any atom is 0.184 e. The summed E-state index contributed by atoms with van der Waals surface area (Å²) in [4.78, 5) is 9.43. The van der Waals surface area contributed by atoms with Gasteiger partial charge in [0.15, 0.2) is 11.5 Å². The maximum absolute atomic E-state index is 4.81. The Labute approximate surface area is 279 Å². The van der Waals surface area contributed by atoms with Crippen molar-refractivity contribution < 1.29 is 0 Å². The molecule has 8 aromatic rings. The second kappa shape index (κ2) is 12.5. The van der Waals surface area contributed by atoms with Crippen LogP contribution in [0.3, 0.4) is 0 Å². The highest BCUT2D eigenvalue weighted by atomic mass is 15.6. The van der Waals surface area contributed by atoms with Gasteiger partial charge in [0, 0.05) is 18.2 Å². The summed E-state index contributed by atoms with van der Waals surface area (Å²) < 4.78 is 4.20. The van der Waals surface area contributed by atoms with Crippen molar-refractivity contribution in [1.82, 2.24) is 34.7 Å². The lowest BCUT2D eigenvalue weighted by Gasteiger charge is -2.36. The molecule has 0 fully saturated rings. The average molecular weight is 624 g/mol. The van der Waals surface area contributed by atoms with Gasteiger partial charge in [-0.1, -0.05) is 146 Å². The fourth-order valence-electron chi connectivity index (χ4n) is 6.83. The Balaban J connectivity index is 1.25. The molecule has 0 saturated heterocycles. The van der Waals surface area contributed by atoms with Crippen LogP contribution in [0.5, 0.6) is 0 Å². The van der Waals surface area contributed by atoms with Crippen LogP contribution in [0.2, 0.25) is 0 Å². The molecular weight excluding hydrogens is 591 g/mol. The van der Waals surface area contributed by atoms with Crippen LogP contribution in [0.4, 0.5) is 0 Å². The summed E-state index contributed by atoms with van der Waals surface area (Å²) in [6, 6.07) is 52.5. The summed E-state index contributed by atoms with van der Waals surface area (Å²) in [5.74, 6) is 1.71. The van der Waals surface area contributed by atoms with Crippen molar-refractivity contribution >= 4 is 11.2 Å². The summed E-state index contributed by atoms with van der Waals surface area (Å²) >= 11 is 0. The van der Waals surface area contributed by atoms with Gasteiger partial charge in [0.1, 0.15) is 16.9 Å². The molecule has 7 heteroatoms. The molecule has 232 valence electrons. The van der Waals surface area contributed by atoms with E-state index >= 15 is 0 Å². The van der Waals surface area contributed by atoms with Gasteiger partial charge in [-0.15, -0.1) is 5.10 Å². The molecule has 7 nitrogen and oxygen atoms in total. The van der Waals surface area contributed by atoms with Crippen molar-refractivity contribution in [2.45, 2.75) is 25.4 Å². The van der Waals surface area contributed by atoms with Crippen molar-refractivity contribution in [1.29, 1.82) is 0 Å². The lowest BCUT2D eigenvalue weighted by atomic mass is 9.77. The van der Waals surface area contributed by atoms with E-state index in [1.54, 1.807) is 0 Å². The highest BCUT2D eigenvalue weighted by Gasteiger charge is 2.42. The van der Waals surface area contributed by atoms with Crippen LogP contribution in [-0.2, 0) is 18.5 Å². The van der Waals surface area contributed by atoms with Crippen LogP contribution in [-0.4, -0.2) is 34.7 Å². The summed E-state index contributed by atoms with van der Waals surface area (Å²) in [6.07, 6.45) is 2.67. The standard InChI is InChI=1S/C41H33N7/c1-2-38-43-37-23-14-28-42-40(37)47(38)29-30-24-26-31(27-25-30)35-21-12-13-22-36(35)39-44-45-46-48(39)41(32-15-6-3-7-16-32,33-17-8-4-9-18-33)34-19-10-5-11-20-34/h3-28H,2,29H2,1H3. The highest BCUT2D eigenvalue weighted by molar-refractivity contribution is 5.81. The van der Waals surface area contributed by atoms with Crippen molar-refractivity contribution in [2.75, 3.05) is 0 Å². The molecule has 0 aliphatic heterocycles. The van der Waals surface area contributed by atoms with Crippen LogP contribution < -0.4 is 0 Å². The number of tetrazole rings is 1. The Morgan fingerprint density at radius 2 is 1.19 bits per heavy atom. The number of aryl methyl sites for hydroxylation is 1. The Morgan fingerprint density at radius 3 is 1.79 bits per heavy atom. The van der Waals surface area contributed by atoms with Crippen LogP contribution in [0.1, 0.15) is 35.0 Å². The van der Waals surface area contributed by atoms with E-state index < -0.39 is 5.54 Å². The number of imidazole rings is 1. The van der Waals surface area contributed by atoms with Gasteiger partial charge in [-0.25, -0.2) is 14.6 Å². The molecule has 8 rings (SSSR count). The molecule has 3 heterocycles. The van der Waals surface area contributed by atoms with Gasteiger partial charge in [-0.3, -0.25) is 0 Å². The van der Waals surface area contributed by atoms with Gasteiger partial charge in [-0.05, 0) is 55.9 Å². The third kappa shape index (κ3) is 4.97. The van der Waals surface area contributed by atoms with Crippen LogP contribution >= 0.6 is 0 Å². The second-order valence-electron chi connectivity index (χ2n) is 11.8. The topological polar surface area (TPSA) is 74.3 Å². The molecule has 5 aromatic carbocycles. The van der Waals surface area contributed by atoms with E-state index in [9.17, 15) is 0 Å². The van der Waals surface area contributed by atoms with Gasteiger partial charge in [0.05, 0.1) is 6.54 Å². The minimum Gasteiger partial charge on any atom is -0.308 e. The lowest BCUT2D eigenvalue weighted by molar-refractivity contribution is 0.451. The second-order valence-corrected chi connectivity index (χ2v) is 11.8. The largest absolute Gasteiger partial charge is 0.308 e. The first kappa shape index (κ1) is 29.2. The zero-order chi connectivity index (χ0) is 32.3. The molecule has 0 aliphatic carbocycles. The van der Waals surface area contributed by atoms with Crippen molar-refractivity contribution in [3.8, 4) is 22.5 Å². The molecule has 0 spiro atoms. The van der Waals surface area contributed by atoms with E-state index in [0.717, 1.165) is 56.8 Å². The first-order valence-corrected chi connectivity index (χ1v) is 16.2. The smallest absolute Gasteiger partial charge is 0.184 e. The van der Waals surface area contributed by atoms with E-state index in [1.807, 2.05) is 47.3 Å². The molecular formula is C41H33N7. The summed E-state index contributed by atoms with van der Waals surface area (Å²) in [5, 5.41) is 13.8. The number of pyridine rings is 1. The Kier molecular flexibility index (Phi) is 7.63. The fraction of sp³-hybridized carbons (Fsp3) is 0.0976. The van der Waals surface area contributed by atoms with Gasteiger partial charge in [-0.2, -0.15) is 0 Å². The zero-order valence-electron chi connectivity index (χ0n) is 26.6. The summed E-state index contributed by atoms with van der Waals surface area (Å²) in [6.45, 7) is 2.83. The number of rotatable bonds is 9. The number of hydrogen-bond donors (Lipinski definition) is 0. The minimum absolute atomic E-state index is 0.676. The number of hydrogen-bond acceptors (Lipinski definition) is 5. The van der Waals surface area contributed by atoms with Crippen molar-refractivity contribution in [2.24, 2.45) is 0 Å². The Hall–Kier alpha value is -6.21. The number of benzene rings is 5. The van der Waals surface area contributed by atoms with Gasteiger partial charge >= 0.3 is 0 Å². The summed E-state index contributed by atoms with van der Waals surface area (Å²) in [5.41, 5.74) is 8.44. The zero-order valence-corrected chi connectivity index (χ0v) is 26.6. The third-order valence-electron chi connectivity index (χ3n) is 9.03. The number of nitrogens with zero attached hydrogens (tertiary/aromatic N) is 7. The van der Waals surface area contributed by atoms with E-state index in [-0.39, 0.29) is 0 Å². The highest BCUT2D eigenvalue weighted by Crippen LogP contribution is 2.43. The predicted octanol–water partition coefficient (Wildman–Crippen LogP) is 8.20. The molecule has 0 saturated carbocycles. The number of aromatic nitrogens is 7.